The van der Waals surface area contributed by atoms with Crippen molar-refractivity contribution >= 4 is 28.5 Å². The molecule has 1 fully saturated rings. The van der Waals surface area contributed by atoms with E-state index in [9.17, 15) is 27.5 Å². The standard InChI is InChI=1S/C29H27F4N7O3/c1-18-15-39(26-22(30)14-35-28(37-26)43-17-19-3-6-21(34-2)7-4-19)12-11-38(18)16-25-36-23-8-5-20(27(41)42)13-24(23)40(25)10-9-29(31,32)33/h3-8,13-14,18H,9-12,15-17H2,1H3,(H,41,42)/t18-/m0/s1. The van der Waals surface area contributed by atoms with Crippen LogP contribution in [0.15, 0.2) is 48.7 Å². The van der Waals surface area contributed by atoms with Gasteiger partial charge in [-0.05, 0) is 30.7 Å². The molecule has 1 atom stereocenters. The largest absolute Gasteiger partial charge is 0.478 e. The van der Waals surface area contributed by atoms with Gasteiger partial charge in [0, 0.05) is 32.2 Å². The van der Waals surface area contributed by atoms with Crippen molar-refractivity contribution in [2.45, 2.75) is 45.3 Å². The van der Waals surface area contributed by atoms with Gasteiger partial charge >= 0.3 is 18.2 Å². The summed E-state index contributed by atoms with van der Waals surface area (Å²) in [5.41, 5.74) is 1.99. The van der Waals surface area contributed by atoms with E-state index in [1.54, 1.807) is 29.2 Å². The van der Waals surface area contributed by atoms with Crippen molar-refractivity contribution in [1.82, 2.24) is 24.4 Å². The van der Waals surface area contributed by atoms with Crippen molar-refractivity contribution < 1.29 is 32.2 Å². The molecule has 0 amide bonds. The number of rotatable bonds is 9. The van der Waals surface area contributed by atoms with E-state index in [0.29, 0.717) is 42.2 Å². The van der Waals surface area contributed by atoms with Crippen LogP contribution in [0.2, 0.25) is 0 Å². The number of carbonyl (C=O) groups is 1. The Hall–Kier alpha value is -4.77. The number of carboxylic acids is 1. The fraction of sp³-hybridized carbons (Fsp3) is 0.345. The van der Waals surface area contributed by atoms with Crippen LogP contribution in [0.4, 0.5) is 29.1 Å². The Morgan fingerprint density at radius 3 is 2.60 bits per heavy atom. The summed E-state index contributed by atoms with van der Waals surface area (Å²) in [6.45, 7) is 10.1. The molecule has 1 aliphatic heterocycles. The molecule has 0 unspecified atom stereocenters. The lowest BCUT2D eigenvalue weighted by Gasteiger charge is -2.40. The zero-order valence-corrected chi connectivity index (χ0v) is 23.1. The number of alkyl halides is 3. The molecule has 43 heavy (non-hydrogen) atoms. The zero-order chi connectivity index (χ0) is 30.7. The van der Waals surface area contributed by atoms with E-state index < -0.39 is 30.9 Å². The van der Waals surface area contributed by atoms with Crippen LogP contribution >= 0.6 is 0 Å². The number of anilines is 1. The number of fused-ring (bicyclic) bond motifs is 1. The van der Waals surface area contributed by atoms with E-state index >= 15 is 0 Å². The number of imidazole rings is 1. The maximum atomic E-state index is 14.8. The first-order chi connectivity index (χ1) is 20.5. The van der Waals surface area contributed by atoms with E-state index in [4.69, 9.17) is 11.3 Å². The molecule has 0 saturated carbocycles. The van der Waals surface area contributed by atoms with Crippen LogP contribution in [0.25, 0.3) is 15.9 Å². The maximum absolute atomic E-state index is 14.8. The van der Waals surface area contributed by atoms with Gasteiger partial charge in [-0.25, -0.2) is 24.0 Å². The molecule has 0 aliphatic carbocycles. The lowest BCUT2D eigenvalue weighted by Crippen LogP contribution is -2.52. The predicted octanol–water partition coefficient (Wildman–Crippen LogP) is 5.46. The topological polar surface area (TPSA) is 101 Å². The summed E-state index contributed by atoms with van der Waals surface area (Å²) < 4.78 is 61.3. The fourth-order valence-corrected chi connectivity index (χ4v) is 4.97. The van der Waals surface area contributed by atoms with Gasteiger partial charge in [-0.3, -0.25) is 4.90 Å². The van der Waals surface area contributed by atoms with Crippen molar-refractivity contribution in [1.29, 1.82) is 0 Å². The molecule has 1 saturated heterocycles. The molecule has 1 N–H and O–H groups in total. The first-order valence-electron chi connectivity index (χ1n) is 13.4. The third kappa shape index (κ3) is 7.00. The Labute approximate surface area is 244 Å². The number of aromatic carboxylic acids is 1. The van der Waals surface area contributed by atoms with Crippen LogP contribution in [0.1, 0.15) is 35.1 Å². The molecule has 1 aliphatic rings. The average Bonchev–Trinajstić information content (AvgIpc) is 3.32. The second kappa shape index (κ2) is 12.2. The van der Waals surface area contributed by atoms with Crippen molar-refractivity contribution in [3.8, 4) is 6.01 Å². The van der Waals surface area contributed by atoms with Crippen molar-refractivity contribution in [3.63, 3.8) is 0 Å². The van der Waals surface area contributed by atoms with Gasteiger partial charge in [-0.15, -0.1) is 0 Å². The van der Waals surface area contributed by atoms with E-state index in [1.807, 2.05) is 11.8 Å². The highest BCUT2D eigenvalue weighted by Gasteiger charge is 2.30. The Balaban J connectivity index is 1.29. The summed E-state index contributed by atoms with van der Waals surface area (Å²) in [6, 6.07) is 10.9. The van der Waals surface area contributed by atoms with Crippen LogP contribution in [0, 0.1) is 12.4 Å². The fourth-order valence-electron chi connectivity index (χ4n) is 4.97. The van der Waals surface area contributed by atoms with Gasteiger partial charge in [0.05, 0.1) is 42.3 Å². The van der Waals surface area contributed by atoms with Crippen molar-refractivity contribution in [2.75, 3.05) is 24.5 Å². The summed E-state index contributed by atoms with van der Waals surface area (Å²) in [7, 11) is 0. The molecule has 0 spiro atoms. The molecular formula is C29H27F4N7O3. The Kier molecular flexibility index (Phi) is 8.45. The number of nitrogens with zero attached hydrogens (tertiary/aromatic N) is 7. The summed E-state index contributed by atoms with van der Waals surface area (Å²) in [5.74, 6) is -1.33. The van der Waals surface area contributed by atoms with Gasteiger partial charge in [0.1, 0.15) is 12.4 Å². The number of aryl methyl sites for hydroxylation is 1. The molecule has 4 aromatic rings. The monoisotopic (exact) mass is 597 g/mol. The number of carboxylic acid groups (broad SMARTS) is 1. The third-order valence-electron chi connectivity index (χ3n) is 7.24. The van der Waals surface area contributed by atoms with Crippen molar-refractivity contribution in [3.05, 3.63) is 82.8 Å². The lowest BCUT2D eigenvalue weighted by molar-refractivity contribution is -0.136. The van der Waals surface area contributed by atoms with Gasteiger partial charge in [-0.1, -0.05) is 24.3 Å². The number of benzene rings is 2. The highest BCUT2D eigenvalue weighted by Crippen LogP contribution is 2.27. The van der Waals surface area contributed by atoms with Gasteiger partial charge < -0.3 is 19.3 Å². The second-order valence-corrected chi connectivity index (χ2v) is 10.2. The van der Waals surface area contributed by atoms with Gasteiger partial charge in [0.15, 0.2) is 17.3 Å². The molecule has 14 heteroatoms. The second-order valence-electron chi connectivity index (χ2n) is 10.2. The minimum Gasteiger partial charge on any atom is -0.478 e. The average molecular weight is 598 g/mol. The molecule has 3 heterocycles. The summed E-state index contributed by atoms with van der Waals surface area (Å²) in [6.07, 6.45) is -4.44. The third-order valence-corrected chi connectivity index (χ3v) is 7.24. The first kappa shape index (κ1) is 29.7. The molecule has 2 aromatic heterocycles. The highest BCUT2D eigenvalue weighted by atomic mass is 19.4. The summed E-state index contributed by atoms with van der Waals surface area (Å²) >= 11 is 0. The number of aromatic nitrogens is 4. The minimum absolute atomic E-state index is 0.000138. The molecule has 2 aromatic carbocycles. The Morgan fingerprint density at radius 2 is 1.93 bits per heavy atom. The van der Waals surface area contributed by atoms with Gasteiger partial charge in [-0.2, -0.15) is 18.2 Å². The van der Waals surface area contributed by atoms with Crippen LogP contribution in [0.5, 0.6) is 6.01 Å². The van der Waals surface area contributed by atoms with E-state index in [0.717, 1.165) is 11.8 Å². The van der Waals surface area contributed by atoms with E-state index in [-0.39, 0.29) is 36.6 Å². The smallest absolute Gasteiger partial charge is 0.390 e. The van der Waals surface area contributed by atoms with E-state index in [1.165, 1.54) is 22.8 Å². The maximum Gasteiger partial charge on any atom is 0.390 e. The van der Waals surface area contributed by atoms with Crippen LogP contribution in [-0.4, -0.2) is 67.3 Å². The number of halogens is 4. The predicted molar refractivity (Wildman–Crippen MR) is 148 cm³/mol. The first-order valence-corrected chi connectivity index (χ1v) is 13.4. The molecule has 10 nitrogen and oxygen atoms in total. The zero-order valence-electron chi connectivity index (χ0n) is 23.1. The molecule has 224 valence electrons. The highest BCUT2D eigenvalue weighted by molar-refractivity contribution is 5.92. The van der Waals surface area contributed by atoms with Crippen LogP contribution in [0.3, 0.4) is 0 Å². The molecular weight excluding hydrogens is 570 g/mol. The summed E-state index contributed by atoms with van der Waals surface area (Å²) in [5, 5.41) is 9.38. The number of hydrogen-bond acceptors (Lipinski definition) is 7. The van der Waals surface area contributed by atoms with E-state index in [2.05, 4.69) is 19.8 Å². The molecule has 5 rings (SSSR count). The molecule has 0 radical (unpaired) electrons. The Morgan fingerprint density at radius 1 is 1.16 bits per heavy atom. The Bertz CT molecular complexity index is 1670. The van der Waals surface area contributed by atoms with Gasteiger partial charge in [0.2, 0.25) is 0 Å². The number of hydrogen-bond donors (Lipinski definition) is 1. The SMILES string of the molecule is [C-]#[N+]c1ccc(COc2ncc(F)c(N3CCN(Cc4nc5ccc(C(=O)O)cc5n4CCC(F)(F)F)[C@@H](C)C3)n2)cc1. The summed E-state index contributed by atoms with van der Waals surface area (Å²) in [4.78, 5) is 31.4. The lowest BCUT2D eigenvalue weighted by atomic mass is 10.2. The van der Waals surface area contributed by atoms with Gasteiger partial charge in [0.25, 0.3) is 0 Å². The number of piperazine rings is 1. The van der Waals surface area contributed by atoms with Crippen molar-refractivity contribution in [2.24, 2.45) is 0 Å². The van der Waals surface area contributed by atoms with Crippen LogP contribution < -0.4 is 9.64 Å². The quantitative estimate of drug-likeness (QED) is 0.201. The number of ether oxygens (including phenoxy) is 1. The normalized spacial score (nSPS) is 15.9. The molecule has 0 bridgehead atoms. The minimum atomic E-state index is -4.40. The van der Waals surface area contributed by atoms with Crippen LogP contribution in [-0.2, 0) is 19.7 Å².